The van der Waals surface area contributed by atoms with Crippen LogP contribution in [0.15, 0.2) is 47.8 Å². The Morgan fingerprint density at radius 3 is 2.77 bits per heavy atom. The molecule has 166 valence electrons. The summed E-state index contributed by atoms with van der Waals surface area (Å²) in [5.41, 5.74) is 8.11. The highest BCUT2D eigenvalue weighted by molar-refractivity contribution is 7.12. The summed E-state index contributed by atoms with van der Waals surface area (Å²) in [7, 11) is 1.90. The molecule has 2 N–H and O–H groups in total. The van der Waals surface area contributed by atoms with E-state index in [2.05, 4.69) is 35.1 Å². The van der Waals surface area contributed by atoms with Gasteiger partial charge in [0.25, 0.3) is 5.91 Å². The first-order chi connectivity index (χ1) is 15.1. The standard InChI is InChI=1S/C24H32N4O2S/c1-27(13-6-11-20-16-21(26-25-20)18-8-3-2-4-9-18)23(29)19-10-5-14-28(17-19)24(30)22-12-7-15-31-22/h2-4,7-9,12,15,19-21,25-26H,5-6,10-11,13-14,16-17H2,1H3. The van der Waals surface area contributed by atoms with Gasteiger partial charge in [-0.25, -0.2) is 0 Å². The van der Waals surface area contributed by atoms with E-state index in [1.165, 1.54) is 16.9 Å². The van der Waals surface area contributed by atoms with Crippen LogP contribution in [0.1, 0.15) is 53.4 Å². The summed E-state index contributed by atoms with van der Waals surface area (Å²) in [6.07, 6.45) is 4.81. The van der Waals surface area contributed by atoms with Crippen LogP contribution >= 0.6 is 11.3 Å². The molecule has 31 heavy (non-hydrogen) atoms. The fraction of sp³-hybridized carbons (Fsp3) is 0.500. The maximum Gasteiger partial charge on any atom is 0.263 e. The quantitative estimate of drug-likeness (QED) is 0.692. The van der Waals surface area contributed by atoms with Gasteiger partial charge in [-0.15, -0.1) is 11.3 Å². The number of benzene rings is 1. The predicted octanol–water partition coefficient (Wildman–Crippen LogP) is 3.45. The molecule has 2 aliphatic heterocycles. The molecule has 2 fully saturated rings. The summed E-state index contributed by atoms with van der Waals surface area (Å²) in [5, 5.41) is 1.92. The van der Waals surface area contributed by atoms with E-state index < -0.39 is 0 Å². The lowest BCUT2D eigenvalue weighted by molar-refractivity contribution is -0.135. The van der Waals surface area contributed by atoms with Crippen LogP contribution in [0, 0.1) is 5.92 Å². The number of amides is 2. The van der Waals surface area contributed by atoms with Crippen LogP contribution in [0.3, 0.4) is 0 Å². The number of hydrogen-bond acceptors (Lipinski definition) is 5. The Bertz CT molecular complexity index is 858. The Labute approximate surface area is 188 Å². The SMILES string of the molecule is CN(CCCC1CC(c2ccccc2)NN1)C(=O)C1CCCN(C(=O)c2cccs2)C1. The van der Waals surface area contributed by atoms with Crippen LogP contribution in [-0.4, -0.2) is 54.3 Å². The van der Waals surface area contributed by atoms with Gasteiger partial charge >= 0.3 is 0 Å². The minimum absolute atomic E-state index is 0.0583. The average molecular weight is 441 g/mol. The molecule has 3 atom stereocenters. The zero-order valence-electron chi connectivity index (χ0n) is 18.1. The molecule has 2 amide bonds. The van der Waals surface area contributed by atoms with Crippen molar-refractivity contribution in [1.29, 1.82) is 0 Å². The van der Waals surface area contributed by atoms with E-state index in [1.807, 2.05) is 40.4 Å². The largest absolute Gasteiger partial charge is 0.345 e. The Hall–Kier alpha value is -2.22. The van der Waals surface area contributed by atoms with Gasteiger partial charge in [0, 0.05) is 38.8 Å². The molecular weight excluding hydrogens is 408 g/mol. The number of carbonyl (C=O) groups excluding carboxylic acids is 2. The van der Waals surface area contributed by atoms with Crippen molar-refractivity contribution >= 4 is 23.2 Å². The van der Waals surface area contributed by atoms with E-state index in [0.29, 0.717) is 18.6 Å². The van der Waals surface area contributed by atoms with Crippen LogP contribution in [0.25, 0.3) is 0 Å². The molecule has 2 saturated heterocycles. The van der Waals surface area contributed by atoms with Gasteiger partial charge < -0.3 is 9.80 Å². The average Bonchev–Trinajstić information content (AvgIpc) is 3.51. The fourth-order valence-corrected chi connectivity index (χ4v) is 5.32. The molecule has 0 bridgehead atoms. The Morgan fingerprint density at radius 1 is 1.16 bits per heavy atom. The summed E-state index contributed by atoms with van der Waals surface area (Å²) in [6.45, 7) is 2.03. The molecule has 3 unspecified atom stereocenters. The minimum Gasteiger partial charge on any atom is -0.345 e. The van der Waals surface area contributed by atoms with E-state index in [1.54, 1.807) is 0 Å². The van der Waals surface area contributed by atoms with Crippen LogP contribution in [-0.2, 0) is 4.79 Å². The lowest BCUT2D eigenvalue weighted by Gasteiger charge is -2.34. The lowest BCUT2D eigenvalue weighted by Crippen LogP contribution is -2.46. The number of piperidine rings is 1. The number of hydrazine groups is 1. The second-order valence-electron chi connectivity index (χ2n) is 8.65. The van der Waals surface area contributed by atoms with Gasteiger partial charge in [-0.2, -0.15) is 0 Å². The highest BCUT2D eigenvalue weighted by Gasteiger charge is 2.31. The van der Waals surface area contributed by atoms with Gasteiger partial charge in [-0.1, -0.05) is 36.4 Å². The second kappa shape index (κ2) is 10.4. The van der Waals surface area contributed by atoms with Crippen LogP contribution in [0.4, 0.5) is 0 Å². The Kier molecular flexibility index (Phi) is 7.37. The van der Waals surface area contributed by atoms with Gasteiger partial charge in [-0.3, -0.25) is 20.4 Å². The van der Waals surface area contributed by atoms with E-state index in [4.69, 9.17) is 0 Å². The molecule has 0 spiro atoms. The van der Waals surface area contributed by atoms with E-state index in [9.17, 15) is 9.59 Å². The molecule has 0 radical (unpaired) electrons. The summed E-state index contributed by atoms with van der Waals surface area (Å²) < 4.78 is 0. The molecule has 0 saturated carbocycles. The minimum atomic E-state index is -0.0867. The van der Waals surface area contributed by atoms with Crippen LogP contribution in [0.5, 0.6) is 0 Å². The highest BCUT2D eigenvalue weighted by atomic mass is 32.1. The molecule has 7 heteroatoms. The summed E-state index contributed by atoms with van der Waals surface area (Å²) in [5.74, 6) is 0.141. The molecule has 1 aromatic carbocycles. The topological polar surface area (TPSA) is 64.7 Å². The third-order valence-electron chi connectivity index (χ3n) is 6.40. The molecular formula is C24H32N4O2S. The van der Waals surface area contributed by atoms with Crippen molar-refractivity contribution in [1.82, 2.24) is 20.7 Å². The molecule has 3 heterocycles. The Balaban J connectivity index is 1.20. The van der Waals surface area contributed by atoms with Crippen LogP contribution < -0.4 is 10.9 Å². The third kappa shape index (κ3) is 5.53. The van der Waals surface area contributed by atoms with E-state index in [0.717, 1.165) is 50.1 Å². The van der Waals surface area contributed by atoms with Gasteiger partial charge in [0.05, 0.1) is 10.8 Å². The van der Waals surface area contributed by atoms with Crippen molar-refractivity contribution < 1.29 is 9.59 Å². The number of rotatable bonds is 7. The number of nitrogens with zero attached hydrogens (tertiary/aromatic N) is 2. The summed E-state index contributed by atoms with van der Waals surface area (Å²) >= 11 is 1.46. The molecule has 1 aromatic heterocycles. The van der Waals surface area contributed by atoms with Crippen molar-refractivity contribution in [2.24, 2.45) is 5.92 Å². The van der Waals surface area contributed by atoms with Crippen molar-refractivity contribution in [2.75, 3.05) is 26.7 Å². The second-order valence-corrected chi connectivity index (χ2v) is 9.60. The first-order valence-corrected chi connectivity index (χ1v) is 12.1. The van der Waals surface area contributed by atoms with Gasteiger partial charge in [0.1, 0.15) is 0 Å². The molecule has 0 aliphatic carbocycles. The van der Waals surface area contributed by atoms with Crippen molar-refractivity contribution in [3.05, 3.63) is 58.3 Å². The number of carbonyl (C=O) groups is 2. The Morgan fingerprint density at radius 2 is 2.00 bits per heavy atom. The number of nitrogens with one attached hydrogen (secondary N) is 2. The van der Waals surface area contributed by atoms with Crippen molar-refractivity contribution in [3.63, 3.8) is 0 Å². The maximum absolute atomic E-state index is 13.0. The van der Waals surface area contributed by atoms with Gasteiger partial charge in [0.2, 0.25) is 5.91 Å². The molecule has 6 nitrogen and oxygen atoms in total. The summed E-state index contributed by atoms with van der Waals surface area (Å²) in [4.78, 5) is 30.1. The normalized spacial score (nSPS) is 23.6. The fourth-order valence-electron chi connectivity index (χ4n) is 4.63. The smallest absolute Gasteiger partial charge is 0.263 e. The number of likely N-dealkylation sites (tertiary alicyclic amines) is 1. The number of thiophene rings is 1. The monoisotopic (exact) mass is 440 g/mol. The van der Waals surface area contributed by atoms with Crippen LogP contribution in [0.2, 0.25) is 0 Å². The zero-order chi connectivity index (χ0) is 21.6. The third-order valence-corrected chi connectivity index (χ3v) is 7.25. The molecule has 2 aromatic rings. The number of hydrogen-bond donors (Lipinski definition) is 2. The van der Waals surface area contributed by atoms with E-state index in [-0.39, 0.29) is 17.7 Å². The van der Waals surface area contributed by atoms with Crippen molar-refractivity contribution in [2.45, 2.75) is 44.2 Å². The molecule has 2 aliphatic rings. The first-order valence-electron chi connectivity index (χ1n) is 11.3. The van der Waals surface area contributed by atoms with Gasteiger partial charge in [0.15, 0.2) is 0 Å². The highest BCUT2D eigenvalue weighted by Crippen LogP contribution is 2.25. The first kappa shape index (κ1) is 22.0. The van der Waals surface area contributed by atoms with E-state index >= 15 is 0 Å². The zero-order valence-corrected chi connectivity index (χ0v) is 18.9. The van der Waals surface area contributed by atoms with Gasteiger partial charge in [-0.05, 0) is 49.1 Å². The molecule has 4 rings (SSSR count). The summed E-state index contributed by atoms with van der Waals surface area (Å²) in [6, 6.07) is 15.0. The predicted molar refractivity (Wildman–Crippen MR) is 124 cm³/mol. The lowest BCUT2D eigenvalue weighted by atomic mass is 9.96. The van der Waals surface area contributed by atoms with Crippen molar-refractivity contribution in [3.8, 4) is 0 Å². The maximum atomic E-state index is 13.0.